The number of hydrogen-bond acceptors (Lipinski definition) is 7. The fourth-order valence-corrected chi connectivity index (χ4v) is 4.35. The highest BCUT2D eigenvalue weighted by Gasteiger charge is 2.24. The van der Waals surface area contributed by atoms with Crippen molar-refractivity contribution in [2.24, 2.45) is 0 Å². The number of rotatable bonds is 4. The van der Waals surface area contributed by atoms with E-state index in [2.05, 4.69) is 28.1 Å². The minimum atomic E-state index is -0.367. The molecule has 8 heteroatoms. The molecule has 0 radical (unpaired) electrons. The average Bonchev–Trinajstić information content (AvgIpc) is 3.38. The predicted octanol–water partition coefficient (Wildman–Crippen LogP) is 4.01. The van der Waals surface area contributed by atoms with Gasteiger partial charge in [-0.15, -0.1) is 0 Å². The van der Waals surface area contributed by atoms with E-state index < -0.39 is 0 Å². The molecule has 0 bridgehead atoms. The van der Waals surface area contributed by atoms with Crippen LogP contribution in [-0.4, -0.2) is 59.0 Å². The average molecular weight is 444 g/mol. The number of hydrogen-bond donors (Lipinski definition) is 1. The van der Waals surface area contributed by atoms with Crippen molar-refractivity contribution in [3.63, 3.8) is 0 Å². The second-order valence-corrected chi connectivity index (χ2v) is 8.20. The van der Waals surface area contributed by atoms with Gasteiger partial charge >= 0.3 is 5.97 Å². The Bertz CT molecular complexity index is 1320. The Labute approximate surface area is 191 Å². The highest BCUT2D eigenvalue weighted by atomic mass is 16.5. The lowest BCUT2D eigenvalue weighted by atomic mass is 9.96. The number of nitrogens with one attached hydrogen (secondary N) is 1. The van der Waals surface area contributed by atoms with Gasteiger partial charge in [0.05, 0.1) is 37.6 Å². The number of morpholine rings is 1. The Morgan fingerprint density at radius 1 is 1.27 bits per heavy atom. The Kier molecular flexibility index (Phi) is 5.51. The molecule has 4 heterocycles. The lowest BCUT2D eigenvalue weighted by Gasteiger charge is -2.34. The van der Waals surface area contributed by atoms with Gasteiger partial charge < -0.3 is 14.4 Å². The van der Waals surface area contributed by atoms with Crippen LogP contribution in [0.3, 0.4) is 0 Å². The zero-order valence-electron chi connectivity index (χ0n) is 18.8. The number of H-pyrrole nitrogens is 1. The highest BCUT2D eigenvalue weighted by Crippen LogP contribution is 2.37. The Hall–Kier alpha value is -3.78. The second-order valence-electron chi connectivity index (χ2n) is 8.20. The van der Waals surface area contributed by atoms with Gasteiger partial charge in [0.2, 0.25) is 0 Å². The van der Waals surface area contributed by atoms with Gasteiger partial charge in [0.1, 0.15) is 17.0 Å². The second kappa shape index (κ2) is 8.63. The number of anilines is 1. The molecule has 0 amide bonds. The Morgan fingerprint density at radius 2 is 2.15 bits per heavy atom. The minimum absolute atomic E-state index is 0.186. The van der Waals surface area contributed by atoms with Crippen LogP contribution in [0.15, 0.2) is 48.8 Å². The molecule has 4 aromatic rings. The van der Waals surface area contributed by atoms with Crippen molar-refractivity contribution >= 4 is 22.7 Å². The van der Waals surface area contributed by atoms with Crippen molar-refractivity contribution in [3.8, 4) is 22.5 Å². The monoisotopic (exact) mass is 443 g/mol. The van der Waals surface area contributed by atoms with Gasteiger partial charge in [-0.3, -0.25) is 10.1 Å². The van der Waals surface area contributed by atoms with E-state index in [4.69, 9.17) is 19.4 Å². The van der Waals surface area contributed by atoms with Gasteiger partial charge in [0.25, 0.3) is 0 Å². The Balaban J connectivity index is 1.80. The number of aromatic nitrogens is 4. The zero-order valence-corrected chi connectivity index (χ0v) is 18.8. The molecule has 8 nitrogen and oxygen atoms in total. The van der Waals surface area contributed by atoms with Crippen LogP contribution in [0.25, 0.3) is 33.4 Å². The summed E-state index contributed by atoms with van der Waals surface area (Å²) in [6, 6.07) is 11.7. The number of carbonyl (C=O) groups excluding carboxylic acids is 1. The first kappa shape index (κ1) is 21.1. The van der Waals surface area contributed by atoms with Crippen LogP contribution >= 0.6 is 0 Å². The number of aryl methyl sites for hydroxylation is 1. The maximum absolute atomic E-state index is 12.2. The normalized spacial score (nSPS) is 16.2. The molecule has 3 aromatic heterocycles. The lowest BCUT2D eigenvalue weighted by Crippen LogP contribution is -2.44. The molecule has 1 aliphatic rings. The van der Waals surface area contributed by atoms with Crippen LogP contribution in [0, 0.1) is 6.92 Å². The van der Waals surface area contributed by atoms with Crippen molar-refractivity contribution < 1.29 is 14.3 Å². The molecule has 1 N–H and O–H groups in total. The Morgan fingerprint density at radius 3 is 2.91 bits per heavy atom. The van der Waals surface area contributed by atoms with Crippen molar-refractivity contribution in [1.29, 1.82) is 0 Å². The number of esters is 1. The van der Waals surface area contributed by atoms with Crippen LogP contribution in [0.2, 0.25) is 0 Å². The van der Waals surface area contributed by atoms with E-state index in [0.29, 0.717) is 18.8 Å². The highest BCUT2D eigenvalue weighted by molar-refractivity contribution is 6.04. The first-order chi connectivity index (χ1) is 16.1. The molecule has 5 rings (SSSR count). The number of aromatic amines is 1. The summed E-state index contributed by atoms with van der Waals surface area (Å²) in [5.74, 6) is 0.485. The molecule has 168 valence electrons. The molecule has 1 aliphatic heterocycles. The molecule has 1 aromatic carbocycles. The standard InChI is InChI=1S/C25H25N5O3/c1-15-13-26-23(20-7-8-27-29-20)24-22(15)19(17-5-4-6-18(11-17)25(31)32-3)12-21(28-24)30-9-10-33-14-16(30)2/h4-8,11-13,16H,9-10,14H2,1-3H3,(H,27,29)/t16-/m1/s1. The van der Waals surface area contributed by atoms with Crippen molar-refractivity contribution in [2.45, 2.75) is 19.9 Å². The van der Waals surface area contributed by atoms with E-state index in [1.165, 1.54) is 7.11 Å². The number of carbonyl (C=O) groups is 1. The fourth-order valence-electron chi connectivity index (χ4n) is 4.35. The third-order valence-electron chi connectivity index (χ3n) is 6.02. The molecule has 1 fully saturated rings. The summed E-state index contributed by atoms with van der Waals surface area (Å²) in [5.41, 5.74) is 5.73. The minimum Gasteiger partial charge on any atom is -0.465 e. The summed E-state index contributed by atoms with van der Waals surface area (Å²) in [5, 5.41) is 8.11. The molecule has 0 saturated carbocycles. The van der Waals surface area contributed by atoms with E-state index in [-0.39, 0.29) is 12.0 Å². The molecular weight excluding hydrogens is 418 g/mol. The topological polar surface area (TPSA) is 93.2 Å². The van der Waals surface area contributed by atoms with E-state index in [9.17, 15) is 4.79 Å². The smallest absolute Gasteiger partial charge is 0.337 e. The fraction of sp³-hybridized carbons (Fsp3) is 0.280. The molecular formula is C25H25N5O3. The number of pyridine rings is 2. The molecule has 0 unspecified atom stereocenters. The van der Waals surface area contributed by atoms with Gasteiger partial charge in [-0.2, -0.15) is 5.10 Å². The SMILES string of the molecule is COC(=O)c1cccc(-c2cc(N3CCOC[C@H]3C)nc3c(-c4ccn[nH]4)ncc(C)c23)c1. The zero-order chi connectivity index (χ0) is 22.9. The summed E-state index contributed by atoms with van der Waals surface area (Å²) < 4.78 is 10.6. The third-order valence-corrected chi connectivity index (χ3v) is 6.02. The van der Waals surface area contributed by atoms with Gasteiger partial charge in [-0.1, -0.05) is 12.1 Å². The van der Waals surface area contributed by atoms with E-state index in [1.807, 2.05) is 37.4 Å². The van der Waals surface area contributed by atoms with E-state index in [1.54, 1.807) is 12.3 Å². The third kappa shape index (κ3) is 3.82. The first-order valence-corrected chi connectivity index (χ1v) is 10.9. The molecule has 0 spiro atoms. The van der Waals surface area contributed by atoms with Crippen molar-refractivity contribution in [2.75, 3.05) is 31.8 Å². The van der Waals surface area contributed by atoms with Gasteiger partial charge in [0, 0.05) is 24.3 Å². The van der Waals surface area contributed by atoms with Crippen LogP contribution in [0.5, 0.6) is 0 Å². The number of ether oxygens (including phenoxy) is 2. The van der Waals surface area contributed by atoms with E-state index in [0.717, 1.165) is 51.3 Å². The molecule has 1 atom stereocenters. The van der Waals surface area contributed by atoms with Gasteiger partial charge in [-0.25, -0.2) is 9.78 Å². The van der Waals surface area contributed by atoms with Crippen LogP contribution in [0.1, 0.15) is 22.8 Å². The maximum atomic E-state index is 12.2. The lowest BCUT2D eigenvalue weighted by molar-refractivity contribution is 0.0601. The summed E-state index contributed by atoms with van der Waals surface area (Å²) in [6.07, 6.45) is 3.56. The van der Waals surface area contributed by atoms with Crippen molar-refractivity contribution in [3.05, 3.63) is 59.9 Å². The number of nitrogens with zero attached hydrogens (tertiary/aromatic N) is 4. The molecule has 0 aliphatic carbocycles. The number of methoxy groups -OCH3 is 1. The first-order valence-electron chi connectivity index (χ1n) is 10.9. The van der Waals surface area contributed by atoms with Crippen LogP contribution < -0.4 is 4.90 Å². The number of fused-ring (bicyclic) bond motifs is 1. The largest absolute Gasteiger partial charge is 0.465 e. The van der Waals surface area contributed by atoms with E-state index >= 15 is 0 Å². The van der Waals surface area contributed by atoms with Crippen molar-refractivity contribution in [1.82, 2.24) is 20.2 Å². The maximum Gasteiger partial charge on any atom is 0.337 e. The molecule has 1 saturated heterocycles. The van der Waals surface area contributed by atoms with Crippen LogP contribution in [-0.2, 0) is 9.47 Å². The van der Waals surface area contributed by atoms with Gasteiger partial charge in [0.15, 0.2) is 0 Å². The summed E-state index contributed by atoms with van der Waals surface area (Å²) in [6.45, 7) is 6.20. The molecule has 33 heavy (non-hydrogen) atoms. The number of benzene rings is 1. The summed E-state index contributed by atoms with van der Waals surface area (Å²) >= 11 is 0. The summed E-state index contributed by atoms with van der Waals surface area (Å²) in [4.78, 5) is 24.3. The summed E-state index contributed by atoms with van der Waals surface area (Å²) in [7, 11) is 1.39. The van der Waals surface area contributed by atoms with Gasteiger partial charge in [-0.05, 0) is 54.8 Å². The van der Waals surface area contributed by atoms with Crippen LogP contribution in [0.4, 0.5) is 5.82 Å². The quantitative estimate of drug-likeness (QED) is 0.476. The predicted molar refractivity (Wildman–Crippen MR) is 126 cm³/mol.